The Morgan fingerprint density at radius 3 is 2.04 bits per heavy atom. The van der Waals surface area contributed by atoms with Gasteiger partial charge >= 0.3 is 0 Å². The van der Waals surface area contributed by atoms with E-state index in [4.69, 9.17) is 9.47 Å². The molecular formula is C21H28N2O4. The lowest BCUT2D eigenvalue weighted by atomic mass is 9.95. The van der Waals surface area contributed by atoms with E-state index in [1.807, 2.05) is 21.9 Å². The van der Waals surface area contributed by atoms with Crippen molar-refractivity contribution in [3.63, 3.8) is 0 Å². The second kappa shape index (κ2) is 7.06. The molecule has 0 bridgehead atoms. The Morgan fingerprint density at radius 1 is 0.852 bits per heavy atom. The number of hydrogen-bond acceptors (Lipinski definition) is 4. The lowest BCUT2D eigenvalue weighted by Gasteiger charge is -2.35. The van der Waals surface area contributed by atoms with Crippen LogP contribution in [-0.4, -0.2) is 55.5 Å². The van der Waals surface area contributed by atoms with Crippen LogP contribution in [0.5, 0.6) is 11.5 Å². The molecule has 0 radical (unpaired) electrons. The number of rotatable bonds is 4. The van der Waals surface area contributed by atoms with E-state index >= 15 is 0 Å². The van der Waals surface area contributed by atoms with Gasteiger partial charge in [0, 0.05) is 26.2 Å². The number of carbonyl (C=O) groups is 2. The third kappa shape index (κ3) is 3.15. The highest BCUT2D eigenvalue weighted by Crippen LogP contribution is 2.50. The fraction of sp³-hybridized carbons (Fsp3) is 0.619. The molecule has 2 fully saturated rings. The van der Waals surface area contributed by atoms with Crippen LogP contribution in [-0.2, 0) is 22.6 Å². The first-order valence-electron chi connectivity index (χ1n) is 9.91. The Labute approximate surface area is 160 Å². The first-order chi connectivity index (χ1) is 13.1. The van der Waals surface area contributed by atoms with Crippen LogP contribution in [0.1, 0.15) is 43.2 Å². The molecule has 0 N–H and O–H groups in total. The van der Waals surface area contributed by atoms with E-state index in [0.29, 0.717) is 31.7 Å². The molecule has 2 heterocycles. The third-order valence-electron chi connectivity index (χ3n) is 6.22. The van der Waals surface area contributed by atoms with Crippen molar-refractivity contribution < 1.29 is 19.1 Å². The Kier molecular flexibility index (Phi) is 4.74. The van der Waals surface area contributed by atoms with Crippen LogP contribution < -0.4 is 9.47 Å². The van der Waals surface area contributed by atoms with Gasteiger partial charge in [-0.1, -0.05) is 0 Å². The van der Waals surface area contributed by atoms with Gasteiger partial charge in [0.05, 0.1) is 14.2 Å². The van der Waals surface area contributed by atoms with Crippen molar-refractivity contribution in [2.75, 3.05) is 33.9 Å². The number of carbonyl (C=O) groups excluding carboxylic acids is 2. The second-order valence-electron chi connectivity index (χ2n) is 7.89. The summed E-state index contributed by atoms with van der Waals surface area (Å²) >= 11 is 0. The molecule has 1 aliphatic carbocycles. The van der Waals surface area contributed by atoms with Crippen LogP contribution in [0.25, 0.3) is 0 Å². The van der Waals surface area contributed by atoms with Gasteiger partial charge < -0.3 is 19.3 Å². The number of benzene rings is 1. The van der Waals surface area contributed by atoms with Gasteiger partial charge in [-0.2, -0.15) is 0 Å². The quantitative estimate of drug-likeness (QED) is 0.762. The molecule has 3 aliphatic rings. The number of hydrogen-bond donors (Lipinski definition) is 0. The average Bonchev–Trinajstić information content (AvgIpc) is 3.53. The maximum Gasteiger partial charge on any atom is 0.238 e. The molecule has 27 heavy (non-hydrogen) atoms. The summed E-state index contributed by atoms with van der Waals surface area (Å²) in [5.74, 6) is 1.47. The van der Waals surface area contributed by atoms with E-state index in [1.54, 1.807) is 14.2 Å². The van der Waals surface area contributed by atoms with E-state index in [2.05, 4.69) is 0 Å². The summed E-state index contributed by atoms with van der Waals surface area (Å²) in [5, 5.41) is 0. The summed E-state index contributed by atoms with van der Waals surface area (Å²) in [5.41, 5.74) is 1.48. The molecule has 1 saturated heterocycles. The van der Waals surface area contributed by atoms with Gasteiger partial charge in [-0.3, -0.25) is 9.59 Å². The molecule has 6 nitrogen and oxygen atoms in total. The third-order valence-corrected chi connectivity index (χ3v) is 6.22. The lowest BCUT2D eigenvalue weighted by molar-refractivity contribution is -0.150. The Bertz CT molecular complexity index is 751. The van der Waals surface area contributed by atoms with Crippen LogP contribution in [0, 0.1) is 5.41 Å². The molecule has 1 aromatic carbocycles. The summed E-state index contributed by atoms with van der Waals surface area (Å²) in [6.45, 7) is 2.78. The lowest BCUT2D eigenvalue weighted by Crippen LogP contribution is -2.49. The smallest absolute Gasteiger partial charge is 0.238 e. The molecule has 0 unspecified atom stereocenters. The van der Waals surface area contributed by atoms with Gasteiger partial charge in [0.15, 0.2) is 11.5 Å². The predicted molar refractivity (Wildman–Crippen MR) is 101 cm³/mol. The fourth-order valence-corrected chi connectivity index (χ4v) is 4.40. The zero-order chi connectivity index (χ0) is 19.0. The molecule has 2 amide bonds. The second-order valence-corrected chi connectivity index (χ2v) is 7.89. The summed E-state index contributed by atoms with van der Waals surface area (Å²) in [6, 6.07) is 3.96. The van der Waals surface area contributed by atoms with E-state index < -0.39 is 5.41 Å². The molecule has 2 aliphatic heterocycles. The molecule has 4 rings (SSSR count). The van der Waals surface area contributed by atoms with Crippen molar-refractivity contribution in [1.82, 2.24) is 9.80 Å². The summed E-state index contributed by atoms with van der Waals surface area (Å²) < 4.78 is 10.8. The fourth-order valence-electron chi connectivity index (χ4n) is 4.40. The standard InChI is InChI=1S/C21H28N2O4/c1-26-17-12-15-6-11-23(14-16(15)13-18(17)27-2)20(25)21(7-8-21)19(24)22-9-4-3-5-10-22/h12-13H,3-11,14H2,1-2H3. The van der Waals surface area contributed by atoms with E-state index in [9.17, 15) is 9.59 Å². The van der Waals surface area contributed by atoms with Gasteiger partial charge in [-0.25, -0.2) is 0 Å². The molecular weight excluding hydrogens is 344 g/mol. The van der Waals surface area contributed by atoms with Crippen molar-refractivity contribution in [3.05, 3.63) is 23.3 Å². The Balaban J connectivity index is 1.51. The van der Waals surface area contributed by atoms with Gasteiger partial charge in [0.1, 0.15) is 5.41 Å². The Hall–Kier alpha value is -2.24. The summed E-state index contributed by atoms with van der Waals surface area (Å²) in [6.07, 6.45) is 5.44. The SMILES string of the molecule is COc1cc2c(cc1OC)CN(C(=O)C1(C(=O)N3CCCCC3)CC1)CC2. The van der Waals surface area contributed by atoms with Gasteiger partial charge in [0.2, 0.25) is 11.8 Å². The highest BCUT2D eigenvalue weighted by molar-refractivity contribution is 6.08. The maximum absolute atomic E-state index is 13.3. The molecule has 1 saturated carbocycles. The highest BCUT2D eigenvalue weighted by Gasteiger charge is 2.59. The first-order valence-corrected chi connectivity index (χ1v) is 9.91. The van der Waals surface area contributed by atoms with Crippen molar-refractivity contribution in [1.29, 1.82) is 0 Å². The molecule has 0 atom stereocenters. The van der Waals surface area contributed by atoms with Crippen LogP contribution in [0.3, 0.4) is 0 Å². The number of methoxy groups -OCH3 is 2. The predicted octanol–water partition coefficient (Wildman–Crippen LogP) is 2.38. The van der Waals surface area contributed by atoms with Gasteiger partial charge in [-0.15, -0.1) is 0 Å². The molecule has 6 heteroatoms. The number of piperidine rings is 1. The van der Waals surface area contributed by atoms with Crippen LogP contribution >= 0.6 is 0 Å². The maximum atomic E-state index is 13.3. The first kappa shape index (κ1) is 18.1. The monoisotopic (exact) mass is 372 g/mol. The molecule has 0 spiro atoms. The van der Waals surface area contributed by atoms with Crippen molar-refractivity contribution in [2.45, 2.75) is 45.1 Å². The van der Waals surface area contributed by atoms with Crippen molar-refractivity contribution >= 4 is 11.8 Å². The number of likely N-dealkylation sites (tertiary alicyclic amines) is 1. The largest absolute Gasteiger partial charge is 0.493 e. The molecule has 1 aromatic rings. The van der Waals surface area contributed by atoms with Crippen LogP contribution in [0.15, 0.2) is 12.1 Å². The van der Waals surface area contributed by atoms with Gasteiger partial charge in [0.25, 0.3) is 0 Å². The zero-order valence-corrected chi connectivity index (χ0v) is 16.3. The minimum Gasteiger partial charge on any atom is -0.493 e. The minimum atomic E-state index is -0.786. The zero-order valence-electron chi connectivity index (χ0n) is 16.3. The molecule has 0 aromatic heterocycles. The topological polar surface area (TPSA) is 59.1 Å². The molecule has 146 valence electrons. The Morgan fingerprint density at radius 2 is 1.44 bits per heavy atom. The number of amides is 2. The van der Waals surface area contributed by atoms with E-state index in [1.165, 1.54) is 12.0 Å². The van der Waals surface area contributed by atoms with Crippen LogP contribution in [0.2, 0.25) is 0 Å². The summed E-state index contributed by atoms with van der Waals surface area (Å²) in [7, 11) is 3.25. The van der Waals surface area contributed by atoms with E-state index in [0.717, 1.165) is 43.7 Å². The van der Waals surface area contributed by atoms with E-state index in [-0.39, 0.29) is 11.8 Å². The average molecular weight is 372 g/mol. The highest BCUT2D eigenvalue weighted by atomic mass is 16.5. The van der Waals surface area contributed by atoms with Crippen LogP contribution in [0.4, 0.5) is 0 Å². The number of fused-ring (bicyclic) bond motifs is 1. The minimum absolute atomic E-state index is 0.0125. The normalized spacial score (nSPS) is 20.7. The van der Waals surface area contributed by atoms with Gasteiger partial charge in [-0.05, 0) is 61.8 Å². The van der Waals surface area contributed by atoms with Crippen molar-refractivity contribution in [2.24, 2.45) is 5.41 Å². The van der Waals surface area contributed by atoms with Crippen molar-refractivity contribution in [3.8, 4) is 11.5 Å². The number of ether oxygens (including phenoxy) is 2. The number of nitrogens with zero attached hydrogens (tertiary/aromatic N) is 2. The summed E-state index contributed by atoms with van der Waals surface area (Å²) in [4.78, 5) is 30.1.